The van der Waals surface area contributed by atoms with E-state index in [1.54, 1.807) is 24.1 Å². The number of aliphatic carboxylic acids is 1. The van der Waals surface area contributed by atoms with Gasteiger partial charge in [-0.15, -0.1) is 0 Å². The van der Waals surface area contributed by atoms with Gasteiger partial charge < -0.3 is 10.0 Å². The lowest BCUT2D eigenvalue weighted by atomic mass is 9.88. The maximum absolute atomic E-state index is 12.5. The molecule has 1 fully saturated rings. The maximum atomic E-state index is 12.5. The van der Waals surface area contributed by atoms with Crippen LogP contribution in [0.15, 0.2) is 18.3 Å². The molecular weight excluding hydrogens is 268 g/mol. The van der Waals surface area contributed by atoms with Gasteiger partial charge in [0, 0.05) is 18.8 Å². The number of carbonyl (C=O) groups excluding carboxylic acids is 1. The summed E-state index contributed by atoms with van der Waals surface area (Å²) < 4.78 is 0. The number of likely N-dealkylation sites (tertiary alicyclic amines) is 1. The van der Waals surface area contributed by atoms with Crippen molar-refractivity contribution >= 4 is 11.9 Å². The van der Waals surface area contributed by atoms with Gasteiger partial charge in [-0.3, -0.25) is 14.6 Å². The average Bonchev–Trinajstić information content (AvgIpc) is 2.79. The zero-order valence-corrected chi connectivity index (χ0v) is 13.0. The highest BCUT2D eigenvalue weighted by Crippen LogP contribution is 2.26. The molecule has 1 aromatic heterocycles. The number of hydrogen-bond acceptors (Lipinski definition) is 3. The Labute approximate surface area is 125 Å². The van der Waals surface area contributed by atoms with Gasteiger partial charge in [-0.1, -0.05) is 26.8 Å². The van der Waals surface area contributed by atoms with Gasteiger partial charge in [0.1, 0.15) is 5.69 Å². The molecule has 2 heterocycles. The Hall–Kier alpha value is -1.91. The molecule has 21 heavy (non-hydrogen) atoms. The van der Waals surface area contributed by atoms with E-state index in [1.165, 1.54) is 0 Å². The number of carboxylic acids is 1. The van der Waals surface area contributed by atoms with Crippen LogP contribution in [0.3, 0.4) is 0 Å². The number of amides is 1. The smallest absolute Gasteiger partial charge is 0.308 e. The van der Waals surface area contributed by atoms with E-state index in [2.05, 4.69) is 25.8 Å². The van der Waals surface area contributed by atoms with Gasteiger partial charge in [0.25, 0.3) is 5.91 Å². The largest absolute Gasteiger partial charge is 0.481 e. The van der Waals surface area contributed by atoms with Crippen LogP contribution < -0.4 is 0 Å². The van der Waals surface area contributed by atoms with E-state index < -0.39 is 11.9 Å². The van der Waals surface area contributed by atoms with Gasteiger partial charge in [-0.25, -0.2) is 0 Å². The molecule has 1 saturated heterocycles. The number of carbonyl (C=O) groups is 2. The van der Waals surface area contributed by atoms with Crippen LogP contribution in [0.4, 0.5) is 0 Å². The van der Waals surface area contributed by atoms with Crippen molar-refractivity contribution in [3.8, 4) is 0 Å². The lowest BCUT2D eigenvalue weighted by Crippen LogP contribution is -2.38. The van der Waals surface area contributed by atoms with E-state index in [0.29, 0.717) is 18.7 Å². The molecule has 0 aliphatic carbocycles. The highest BCUT2D eigenvalue weighted by molar-refractivity contribution is 5.93. The van der Waals surface area contributed by atoms with E-state index >= 15 is 0 Å². The number of nitrogens with zero attached hydrogens (tertiary/aromatic N) is 2. The number of pyridine rings is 1. The Balaban J connectivity index is 2.16. The lowest BCUT2D eigenvalue weighted by molar-refractivity contribution is -0.142. The molecule has 0 aromatic carbocycles. The summed E-state index contributed by atoms with van der Waals surface area (Å²) in [7, 11) is 0. The third-order valence-corrected chi connectivity index (χ3v) is 4.18. The third-order valence-electron chi connectivity index (χ3n) is 4.18. The molecule has 2 rings (SSSR count). The van der Waals surface area contributed by atoms with E-state index in [0.717, 1.165) is 5.56 Å². The molecule has 0 radical (unpaired) electrons. The zero-order chi connectivity index (χ0) is 15.8. The molecule has 1 amide bonds. The average molecular weight is 290 g/mol. The Morgan fingerprint density at radius 2 is 2.00 bits per heavy atom. The minimum absolute atomic E-state index is 0.0100. The molecule has 0 spiro atoms. The van der Waals surface area contributed by atoms with Crippen molar-refractivity contribution < 1.29 is 14.7 Å². The Morgan fingerprint density at radius 3 is 2.43 bits per heavy atom. The van der Waals surface area contributed by atoms with Crippen molar-refractivity contribution in [3.05, 3.63) is 29.6 Å². The number of hydrogen-bond donors (Lipinski definition) is 1. The first-order valence-corrected chi connectivity index (χ1v) is 7.22. The number of aromatic nitrogens is 1. The Morgan fingerprint density at radius 1 is 1.33 bits per heavy atom. The van der Waals surface area contributed by atoms with Crippen LogP contribution in [0.1, 0.15) is 50.2 Å². The topological polar surface area (TPSA) is 70.5 Å². The van der Waals surface area contributed by atoms with Gasteiger partial charge in [0.05, 0.1) is 5.92 Å². The summed E-state index contributed by atoms with van der Waals surface area (Å²) >= 11 is 0. The van der Waals surface area contributed by atoms with Crippen LogP contribution in [0, 0.1) is 5.92 Å². The fourth-order valence-electron chi connectivity index (χ4n) is 2.67. The molecule has 1 aliphatic heterocycles. The first-order valence-electron chi connectivity index (χ1n) is 7.22. The summed E-state index contributed by atoms with van der Waals surface area (Å²) in [6, 6.07) is 3.35. The van der Waals surface area contributed by atoms with Crippen LogP contribution in [0.5, 0.6) is 0 Å². The second-order valence-electron chi connectivity index (χ2n) is 6.65. The number of carboxylic acid groups (broad SMARTS) is 1. The van der Waals surface area contributed by atoms with Crippen LogP contribution in [-0.2, 0) is 10.2 Å². The first-order chi connectivity index (χ1) is 9.71. The van der Waals surface area contributed by atoms with E-state index in [9.17, 15) is 9.59 Å². The minimum atomic E-state index is -0.839. The fraction of sp³-hybridized carbons (Fsp3) is 0.562. The van der Waals surface area contributed by atoms with Gasteiger partial charge >= 0.3 is 5.97 Å². The van der Waals surface area contributed by atoms with Crippen LogP contribution in [0.2, 0.25) is 0 Å². The van der Waals surface area contributed by atoms with Crippen molar-refractivity contribution in [3.63, 3.8) is 0 Å². The predicted molar refractivity (Wildman–Crippen MR) is 79.2 cm³/mol. The first kappa shape index (κ1) is 15.5. The molecule has 5 nitrogen and oxygen atoms in total. The zero-order valence-electron chi connectivity index (χ0n) is 13.0. The van der Waals surface area contributed by atoms with Gasteiger partial charge in [0.15, 0.2) is 0 Å². The van der Waals surface area contributed by atoms with Crippen LogP contribution in [0.25, 0.3) is 0 Å². The molecule has 1 aliphatic rings. The molecule has 2 atom stereocenters. The van der Waals surface area contributed by atoms with Crippen LogP contribution in [-0.4, -0.2) is 39.5 Å². The summed E-state index contributed by atoms with van der Waals surface area (Å²) in [6.45, 7) is 8.52. The standard InChI is InChI=1S/C16H22N2O3/c1-10-12(15(20)21)7-8-18(10)14(19)13-6-5-11(9-17-13)16(2,3)4/h5-6,9-10,12H,7-8H2,1-4H3,(H,20,21). The van der Waals surface area contributed by atoms with Gasteiger partial charge in [-0.05, 0) is 30.4 Å². The second-order valence-corrected chi connectivity index (χ2v) is 6.65. The Bertz CT molecular complexity index is 546. The lowest BCUT2D eigenvalue weighted by Gasteiger charge is -2.23. The van der Waals surface area contributed by atoms with Crippen molar-refractivity contribution in [2.24, 2.45) is 5.92 Å². The maximum Gasteiger partial charge on any atom is 0.308 e. The monoisotopic (exact) mass is 290 g/mol. The van der Waals surface area contributed by atoms with Crippen molar-refractivity contribution in [2.45, 2.75) is 45.6 Å². The normalized spacial score (nSPS) is 22.4. The van der Waals surface area contributed by atoms with Gasteiger partial charge in [-0.2, -0.15) is 0 Å². The Kier molecular flexibility index (Phi) is 4.03. The summed E-state index contributed by atoms with van der Waals surface area (Å²) in [4.78, 5) is 29.4. The van der Waals surface area contributed by atoms with E-state index in [4.69, 9.17) is 5.11 Å². The summed E-state index contributed by atoms with van der Waals surface area (Å²) in [5.41, 5.74) is 1.43. The molecule has 5 heteroatoms. The van der Waals surface area contributed by atoms with Crippen molar-refractivity contribution in [1.29, 1.82) is 0 Å². The van der Waals surface area contributed by atoms with Crippen molar-refractivity contribution in [2.75, 3.05) is 6.54 Å². The van der Waals surface area contributed by atoms with Crippen molar-refractivity contribution in [1.82, 2.24) is 9.88 Å². The molecule has 114 valence electrons. The molecule has 2 unspecified atom stereocenters. The molecule has 1 N–H and O–H groups in total. The van der Waals surface area contributed by atoms with E-state index in [1.807, 2.05) is 6.07 Å². The molecular formula is C16H22N2O3. The highest BCUT2D eigenvalue weighted by Gasteiger charge is 2.38. The molecule has 0 saturated carbocycles. The summed E-state index contributed by atoms with van der Waals surface area (Å²) in [6.07, 6.45) is 2.23. The number of rotatable bonds is 2. The molecule has 1 aromatic rings. The highest BCUT2D eigenvalue weighted by atomic mass is 16.4. The summed E-state index contributed by atoms with van der Waals surface area (Å²) in [5, 5.41) is 9.13. The van der Waals surface area contributed by atoms with E-state index in [-0.39, 0.29) is 17.4 Å². The minimum Gasteiger partial charge on any atom is -0.481 e. The quantitative estimate of drug-likeness (QED) is 0.907. The van der Waals surface area contributed by atoms with Gasteiger partial charge in [0.2, 0.25) is 0 Å². The third kappa shape index (κ3) is 3.06. The SMILES string of the molecule is CC1C(C(=O)O)CCN1C(=O)c1ccc(C(C)(C)C)cn1. The summed E-state index contributed by atoms with van der Waals surface area (Å²) in [5.74, 6) is -1.51. The second kappa shape index (κ2) is 5.47. The van der Waals surface area contributed by atoms with Crippen LogP contribution >= 0.6 is 0 Å². The molecule has 0 bridgehead atoms. The predicted octanol–water partition coefficient (Wildman–Crippen LogP) is 2.31. The fourth-order valence-corrected chi connectivity index (χ4v) is 2.67.